The summed E-state index contributed by atoms with van der Waals surface area (Å²) < 4.78 is 1.63. The third kappa shape index (κ3) is 9.67. The van der Waals surface area contributed by atoms with Crippen LogP contribution in [0, 0.1) is 0 Å². The van der Waals surface area contributed by atoms with Crippen LogP contribution in [0.25, 0.3) is 21.5 Å². The number of hydrogen-bond acceptors (Lipinski definition) is 0. The maximum Gasteiger partial charge on any atom is -0.172 e. The van der Waals surface area contributed by atoms with Gasteiger partial charge in [-0.1, -0.05) is 76.9 Å². The van der Waals surface area contributed by atoms with Gasteiger partial charge in [-0.3, -0.25) is 0 Å². The quantitative estimate of drug-likeness (QED) is 0.122. The van der Waals surface area contributed by atoms with Gasteiger partial charge in [0.2, 0.25) is 0 Å². The van der Waals surface area contributed by atoms with Crippen LogP contribution < -0.4 is 0 Å². The zero-order chi connectivity index (χ0) is 30.9. The van der Waals surface area contributed by atoms with Crippen LogP contribution in [-0.4, -0.2) is 3.26 Å². The predicted octanol–water partition coefficient (Wildman–Crippen LogP) is 11.5. The molecule has 0 atom stereocenters. The minimum Gasteiger partial charge on any atom is -0.214 e. The van der Waals surface area contributed by atoms with Gasteiger partial charge >= 0.3 is 118 Å². The second kappa shape index (κ2) is 15.0. The first-order chi connectivity index (χ1) is 20.5. The molecule has 0 bridgehead atoms. The molecule has 0 radical (unpaired) electrons. The van der Waals surface area contributed by atoms with E-state index in [0.29, 0.717) is 0 Å². The van der Waals surface area contributed by atoms with Gasteiger partial charge in [0, 0.05) is 0 Å². The van der Waals surface area contributed by atoms with Crippen molar-refractivity contribution in [1.29, 1.82) is 0 Å². The molecule has 0 unspecified atom stereocenters. The van der Waals surface area contributed by atoms with Gasteiger partial charge in [0.15, 0.2) is 0 Å². The normalized spacial score (nSPS) is 11.4. The van der Waals surface area contributed by atoms with Crippen molar-refractivity contribution in [3.63, 3.8) is 0 Å². The minimum atomic E-state index is 0.203. The van der Waals surface area contributed by atoms with Crippen molar-refractivity contribution in [2.45, 2.75) is 71.6 Å². The van der Waals surface area contributed by atoms with E-state index in [4.69, 9.17) is 0 Å². The van der Waals surface area contributed by atoms with Gasteiger partial charge in [-0.15, -0.1) is 39.7 Å². The smallest absolute Gasteiger partial charge is 0.172 e. The Balaban J connectivity index is 0.000000172. The van der Waals surface area contributed by atoms with Gasteiger partial charge < -0.3 is 0 Å². The van der Waals surface area contributed by atoms with Gasteiger partial charge in [-0.25, -0.2) is 12.1 Å². The topological polar surface area (TPSA) is 0 Å². The molecule has 0 saturated carbocycles. The van der Waals surface area contributed by atoms with Gasteiger partial charge in [-0.05, 0) is 10.8 Å². The Morgan fingerprint density at radius 3 is 1.53 bits per heavy atom. The zero-order valence-electron chi connectivity index (χ0n) is 26.8. The molecule has 0 saturated heterocycles. The van der Waals surface area contributed by atoms with Crippen LogP contribution in [0.3, 0.4) is 0 Å². The van der Waals surface area contributed by atoms with Crippen LogP contribution in [-0.2, 0) is 41.1 Å². The molecule has 1 heteroatoms. The zero-order valence-corrected chi connectivity index (χ0v) is 30.4. The van der Waals surface area contributed by atoms with E-state index >= 15 is 0 Å². The molecule has 0 aliphatic heterocycles. The summed E-state index contributed by atoms with van der Waals surface area (Å²) in [6.45, 7) is 13.6. The maximum absolute atomic E-state index is 2.35. The maximum atomic E-state index is 2.35. The van der Waals surface area contributed by atoms with E-state index < -0.39 is 0 Å². The van der Waals surface area contributed by atoms with Crippen molar-refractivity contribution in [1.82, 2.24) is 0 Å². The van der Waals surface area contributed by atoms with Crippen LogP contribution in [0.1, 0.15) is 76.6 Å². The summed E-state index contributed by atoms with van der Waals surface area (Å²) in [6, 6.07) is 47.7. The van der Waals surface area contributed by atoms with E-state index in [1.54, 1.807) is 3.26 Å². The summed E-state index contributed by atoms with van der Waals surface area (Å²) in [5.74, 6) is 0. The van der Waals surface area contributed by atoms with Crippen molar-refractivity contribution in [3.05, 3.63) is 156 Å². The summed E-state index contributed by atoms with van der Waals surface area (Å²) in [7, 11) is 0. The Morgan fingerprint density at radius 2 is 1.09 bits per heavy atom. The molecule has 0 nitrogen and oxygen atoms in total. The third-order valence-corrected chi connectivity index (χ3v) is 9.78. The molecule has 0 spiro atoms. The Morgan fingerprint density at radius 1 is 0.605 bits per heavy atom. The van der Waals surface area contributed by atoms with Crippen molar-refractivity contribution in [2.24, 2.45) is 0 Å². The monoisotopic (exact) mass is 730 g/mol. The van der Waals surface area contributed by atoms with Crippen molar-refractivity contribution >= 4 is 24.8 Å². The summed E-state index contributed by atoms with van der Waals surface area (Å²) in [4.78, 5) is 0. The summed E-state index contributed by atoms with van der Waals surface area (Å²) in [6.07, 6.45) is 3.70. The molecule has 6 aromatic carbocycles. The SMILES string of the molecule is CC(C)(C)c1ccc2c(c1)[cH-]c1cc(C(C)(C)C)ccc12.[Hf+2]=[C](CCCc1ccccc1)c1ccccc1.c1cc[cH-]c1. The van der Waals surface area contributed by atoms with Gasteiger partial charge in [-0.2, -0.15) is 18.2 Å². The second-order valence-corrected chi connectivity index (χ2v) is 15.6. The Hall–Kier alpha value is -3.16. The first kappa shape index (κ1) is 32.7. The molecule has 0 amide bonds. The fourth-order valence-corrected chi connectivity index (χ4v) is 6.41. The molecular weight excluding hydrogens is 683 g/mol. The number of rotatable bonds is 5. The van der Waals surface area contributed by atoms with E-state index in [2.05, 4.69) is 145 Å². The Labute approximate surface area is 274 Å². The average molecular weight is 729 g/mol. The molecule has 0 N–H and O–H groups in total. The molecule has 0 aromatic heterocycles. The van der Waals surface area contributed by atoms with Gasteiger partial charge in [0.1, 0.15) is 0 Å². The van der Waals surface area contributed by atoms with Gasteiger partial charge in [0.05, 0.1) is 0 Å². The first-order valence-electron chi connectivity index (χ1n) is 15.5. The molecule has 0 heterocycles. The summed E-state index contributed by atoms with van der Waals surface area (Å²) in [5, 5.41) is 5.48. The van der Waals surface area contributed by atoms with Crippen LogP contribution in [0.2, 0.25) is 0 Å². The Kier molecular flexibility index (Phi) is 11.4. The van der Waals surface area contributed by atoms with Crippen molar-refractivity contribution < 1.29 is 23.9 Å². The largest absolute Gasteiger partial charge is 0.214 e. The second-order valence-electron chi connectivity index (χ2n) is 13.4. The molecule has 6 aromatic rings. The molecule has 0 fully saturated rings. The van der Waals surface area contributed by atoms with E-state index in [-0.39, 0.29) is 10.8 Å². The number of fused-ring (bicyclic) bond motifs is 3. The van der Waals surface area contributed by atoms with Crippen LogP contribution in [0.15, 0.2) is 133 Å². The molecule has 6 rings (SSSR count). The van der Waals surface area contributed by atoms with Gasteiger partial charge in [0.25, 0.3) is 0 Å². The molecule has 218 valence electrons. The average Bonchev–Trinajstić information content (AvgIpc) is 3.69. The molecule has 0 aliphatic carbocycles. The standard InChI is InChI=1S/C21H25.C16H16.C5H5.Hf/c1-20(2,3)16-7-9-18-14(12-16)11-15-13-17(21(4,5)6)8-10-19(15)18;1-3-9-15(10-4-1)13-7-8-14-16-11-5-2-6-12-16;1-2-4-5-3-1;/h7-13H,1-6H3;1-6,9-12H,7-8,13H2;1-5H;/q-1;;-1;+2. The fourth-order valence-electron chi connectivity index (χ4n) is 5.17. The number of benzene rings is 4. The number of hydrogen-bond donors (Lipinski definition) is 0. The van der Waals surface area contributed by atoms with Crippen LogP contribution >= 0.6 is 0 Å². The number of aryl methyl sites for hydroxylation is 1. The van der Waals surface area contributed by atoms with Crippen molar-refractivity contribution in [2.75, 3.05) is 0 Å². The minimum absolute atomic E-state index is 0.203. The Bertz CT molecular complexity index is 1600. The molecular formula is C42H46Hf. The van der Waals surface area contributed by atoms with Crippen LogP contribution in [0.4, 0.5) is 0 Å². The summed E-state index contributed by atoms with van der Waals surface area (Å²) in [5.41, 5.74) is 6.10. The fraction of sp³-hybridized carbons (Fsp3) is 0.262. The van der Waals surface area contributed by atoms with Crippen molar-refractivity contribution in [3.8, 4) is 0 Å². The molecule has 0 aliphatic rings. The molecule has 43 heavy (non-hydrogen) atoms. The first-order valence-corrected chi connectivity index (χ1v) is 17.3. The summed E-state index contributed by atoms with van der Waals surface area (Å²) >= 11 is 1.17. The third-order valence-electron chi connectivity index (χ3n) is 7.85. The predicted molar refractivity (Wildman–Crippen MR) is 186 cm³/mol. The van der Waals surface area contributed by atoms with E-state index in [1.165, 1.54) is 87.0 Å². The van der Waals surface area contributed by atoms with E-state index in [1.807, 2.05) is 30.3 Å². The van der Waals surface area contributed by atoms with E-state index in [0.717, 1.165) is 0 Å². The van der Waals surface area contributed by atoms with E-state index in [9.17, 15) is 0 Å². The van der Waals surface area contributed by atoms with Crippen LogP contribution in [0.5, 0.6) is 0 Å².